The van der Waals surface area contributed by atoms with E-state index in [2.05, 4.69) is 6.07 Å². The number of rotatable bonds is 3. The van der Waals surface area contributed by atoms with Crippen LogP contribution in [0.3, 0.4) is 0 Å². The summed E-state index contributed by atoms with van der Waals surface area (Å²) < 4.78 is 0. The minimum Gasteiger partial charge on any atom is -0.399 e. The van der Waals surface area contributed by atoms with Crippen molar-refractivity contribution in [2.24, 2.45) is 0 Å². The van der Waals surface area contributed by atoms with Gasteiger partial charge in [0.1, 0.15) is 0 Å². The molecule has 2 aromatic carbocycles. The number of carbonyl (C=O) groups excluding carboxylic acids is 1. The summed E-state index contributed by atoms with van der Waals surface area (Å²) in [5, 5.41) is 8.88. The highest BCUT2D eigenvalue weighted by atomic mass is 16.2. The van der Waals surface area contributed by atoms with Crippen LogP contribution in [0.15, 0.2) is 48.5 Å². The number of hydrogen-bond donors (Lipinski definition) is 1. The molecule has 0 saturated carbocycles. The lowest BCUT2D eigenvalue weighted by atomic mass is 10.1. The Hall–Kier alpha value is -2.80. The molecule has 2 aromatic rings. The molecule has 0 spiro atoms. The van der Waals surface area contributed by atoms with E-state index in [4.69, 9.17) is 11.0 Å². The van der Waals surface area contributed by atoms with Crippen molar-refractivity contribution in [3.05, 3.63) is 59.7 Å². The largest absolute Gasteiger partial charge is 0.399 e. The Morgan fingerprint density at radius 1 is 1.25 bits per heavy atom. The third kappa shape index (κ3) is 3.15. The monoisotopic (exact) mass is 265 g/mol. The number of hydrogen-bond acceptors (Lipinski definition) is 3. The Balaban J connectivity index is 2.14. The van der Waals surface area contributed by atoms with E-state index in [0.717, 1.165) is 5.56 Å². The number of nitrogens with two attached hydrogens (primary N) is 1. The van der Waals surface area contributed by atoms with E-state index in [1.165, 1.54) is 0 Å². The zero-order chi connectivity index (χ0) is 14.5. The van der Waals surface area contributed by atoms with Crippen LogP contribution in [0.5, 0.6) is 0 Å². The number of nitrogens with zero attached hydrogens (tertiary/aromatic N) is 2. The lowest BCUT2D eigenvalue weighted by Crippen LogP contribution is -2.27. The highest BCUT2D eigenvalue weighted by Gasteiger charge is 2.12. The normalized spacial score (nSPS) is 9.80. The molecular formula is C16H15N3O. The fraction of sp³-hybridized carbons (Fsp3) is 0.125. The van der Waals surface area contributed by atoms with Gasteiger partial charge in [-0.1, -0.05) is 18.2 Å². The van der Waals surface area contributed by atoms with Gasteiger partial charge in [-0.2, -0.15) is 5.26 Å². The first kappa shape index (κ1) is 13.6. The molecule has 0 fully saturated rings. The van der Waals surface area contributed by atoms with Crippen LogP contribution in [0.4, 0.5) is 11.4 Å². The van der Waals surface area contributed by atoms with Gasteiger partial charge < -0.3 is 10.6 Å². The molecule has 0 aromatic heterocycles. The van der Waals surface area contributed by atoms with Gasteiger partial charge in [0.05, 0.1) is 18.1 Å². The molecule has 0 aliphatic rings. The molecule has 0 heterocycles. The molecule has 100 valence electrons. The average Bonchev–Trinajstić information content (AvgIpc) is 2.46. The smallest absolute Gasteiger partial charge is 0.231 e. The third-order valence-electron chi connectivity index (χ3n) is 3.04. The summed E-state index contributed by atoms with van der Waals surface area (Å²) >= 11 is 0. The SMILES string of the molecule is CN(C(=O)Cc1cccc(N)c1)c1cccc(C#N)c1. The van der Waals surface area contributed by atoms with Crippen molar-refractivity contribution in [3.8, 4) is 6.07 Å². The molecule has 4 nitrogen and oxygen atoms in total. The van der Waals surface area contributed by atoms with Crippen molar-refractivity contribution >= 4 is 17.3 Å². The van der Waals surface area contributed by atoms with Crippen LogP contribution in [0, 0.1) is 11.3 Å². The van der Waals surface area contributed by atoms with Gasteiger partial charge in [-0.15, -0.1) is 0 Å². The molecule has 0 unspecified atom stereocenters. The van der Waals surface area contributed by atoms with Crippen LogP contribution >= 0.6 is 0 Å². The molecule has 0 bridgehead atoms. The minimum atomic E-state index is -0.0503. The standard InChI is InChI=1S/C16H15N3O/c1-19(15-7-3-5-13(9-15)11-17)16(20)10-12-4-2-6-14(18)8-12/h2-9H,10,18H2,1H3. The molecule has 0 radical (unpaired) electrons. The lowest BCUT2D eigenvalue weighted by molar-refractivity contribution is -0.117. The third-order valence-corrected chi connectivity index (χ3v) is 3.04. The van der Waals surface area contributed by atoms with Crippen LogP contribution in [-0.4, -0.2) is 13.0 Å². The predicted octanol–water partition coefficient (Wildman–Crippen LogP) is 2.35. The molecule has 0 aliphatic carbocycles. The molecule has 0 saturated heterocycles. The molecule has 20 heavy (non-hydrogen) atoms. The fourth-order valence-electron chi connectivity index (χ4n) is 1.92. The fourth-order valence-corrected chi connectivity index (χ4v) is 1.92. The van der Waals surface area contributed by atoms with Gasteiger partial charge in [0, 0.05) is 18.4 Å². The average molecular weight is 265 g/mol. The number of nitriles is 1. The van der Waals surface area contributed by atoms with E-state index < -0.39 is 0 Å². The number of carbonyl (C=O) groups is 1. The van der Waals surface area contributed by atoms with Crippen molar-refractivity contribution < 1.29 is 4.79 Å². The minimum absolute atomic E-state index is 0.0503. The van der Waals surface area contributed by atoms with Gasteiger partial charge in [0.15, 0.2) is 0 Å². The van der Waals surface area contributed by atoms with E-state index in [-0.39, 0.29) is 12.3 Å². The van der Waals surface area contributed by atoms with Crippen LogP contribution in [-0.2, 0) is 11.2 Å². The van der Waals surface area contributed by atoms with Gasteiger partial charge in [-0.05, 0) is 35.9 Å². The summed E-state index contributed by atoms with van der Waals surface area (Å²) in [6.07, 6.45) is 0.276. The summed E-state index contributed by atoms with van der Waals surface area (Å²) in [6, 6.07) is 16.3. The van der Waals surface area contributed by atoms with Gasteiger partial charge in [0.2, 0.25) is 5.91 Å². The lowest BCUT2D eigenvalue weighted by Gasteiger charge is -2.17. The van der Waals surface area contributed by atoms with Gasteiger partial charge in [-0.25, -0.2) is 0 Å². The topological polar surface area (TPSA) is 70.1 Å². The Labute approximate surface area is 118 Å². The second-order valence-corrected chi connectivity index (χ2v) is 4.54. The Bertz CT molecular complexity index is 673. The summed E-state index contributed by atoms with van der Waals surface area (Å²) in [7, 11) is 1.70. The summed E-state index contributed by atoms with van der Waals surface area (Å²) in [5.74, 6) is -0.0503. The first-order valence-electron chi connectivity index (χ1n) is 6.21. The van der Waals surface area contributed by atoms with Gasteiger partial charge in [0.25, 0.3) is 0 Å². The summed E-state index contributed by atoms with van der Waals surface area (Å²) in [6.45, 7) is 0. The van der Waals surface area contributed by atoms with E-state index in [0.29, 0.717) is 16.9 Å². The van der Waals surface area contributed by atoms with Crippen molar-refractivity contribution in [3.63, 3.8) is 0 Å². The van der Waals surface area contributed by atoms with Crippen molar-refractivity contribution in [2.75, 3.05) is 17.7 Å². The first-order chi connectivity index (χ1) is 9.60. The first-order valence-corrected chi connectivity index (χ1v) is 6.21. The zero-order valence-corrected chi connectivity index (χ0v) is 11.2. The molecule has 0 aliphatic heterocycles. The van der Waals surface area contributed by atoms with Crippen molar-refractivity contribution in [2.45, 2.75) is 6.42 Å². The number of likely N-dealkylation sites (N-methyl/N-ethyl adjacent to an activating group) is 1. The van der Waals surface area contributed by atoms with E-state index >= 15 is 0 Å². The maximum atomic E-state index is 12.2. The van der Waals surface area contributed by atoms with Gasteiger partial charge in [-0.3, -0.25) is 4.79 Å². The van der Waals surface area contributed by atoms with E-state index in [1.54, 1.807) is 48.3 Å². The second kappa shape index (κ2) is 5.89. The molecule has 0 atom stereocenters. The Kier molecular flexibility index (Phi) is 4.02. The highest BCUT2D eigenvalue weighted by Crippen LogP contribution is 2.16. The number of benzene rings is 2. The molecule has 2 rings (SSSR count). The van der Waals surface area contributed by atoms with Crippen LogP contribution < -0.4 is 10.6 Å². The second-order valence-electron chi connectivity index (χ2n) is 4.54. The number of anilines is 2. The highest BCUT2D eigenvalue weighted by molar-refractivity contribution is 5.94. The van der Waals surface area contributed by atoms with Crippen LogP contribution in [0.1, 0.15) is 11.1 Å². The predicted molar refractivity (Wildman–Crippen MR) is 79.1 cm³/mol. The zero-order valence-electron chi connectivity index (χ0n) is 11.2. The van der Waals surface area contributed by atoms with E-state index in [1.807, 2.05) is 12.1 Å². The number of nitrogen functional groups attached to an aromatic ring is 1. The summed E-state index contributed by atoms with van der Waals surface area (Å²) in [4.78, 5) is 13.8. The molecule has 4 heteroatoms. The van der Waals surface area contributed by atoms with Crippen molar-refractivity contribution in [1.29, 1.82) is 5.26 Å². The van der Waals surface area contributed by atoms with E-state index in [9.17, 15) is 4.79 Å². The quantitative estimate of drug-likeness (QED) is 0.866. The molecule has 1 amide bonds. The molecule has 2 N–H and O–H groups in total. The maximum Gasteiger partial charge on any atom is 0.231 e. The van der Waals surface area contributed by atoms with Crippen molar-refractivity contribution in [1.82, 2.24) is 0 Å². The Morgan fingerprint density at radius 3 is 2.70 bits per heavy atom. The Morgan fingerprint density at radius 2 is 2.00 bits per heavy atom. The van der Waals surface area contributed by atoms with Gasteiger partial charge >= 0.3 is 0 Å². The summed E-state index contributed by atoms with van der Waals surface area (Å²) in [5.41, 5.74) is 8.45. The number of amides is 1. The van der Waals surface area contributed by atoms with Crippen LogP contribution in [0.25, 0.3) is 0 Å². The maximum absolute atomic E-state index is 12.2. The van der Waals surface area contributed by atoms with Crippen LogP contribution in [0.2, 0.25) is 0 Å². The molecular weight excluding hydrogens is 250 g/mol.